The van der Waals surface area contributed by atoms with E-state index in [1.807, 2.05) is 0 Å². The summed E-state index contributed by atoms with van der Waals surface area (Å²) >= 11 is 0. The van der Waals surface area contributed by atoms with Crippen LogP contribution in [0.5, 0.6) is 0 Å². The Morgan fingerprint density at radius 2 is 1.67 bits per heavy atom. The van der Waals surface area contributed by atoms with Gasteiger partial charge in [-0.15, -0.1) is 0 Å². The monoisotopic (exact) mass is 471 g/mol. The van der Waals surface area contributed by atoms with Gasteiger partial charge in [-0.2, -0.15) is 13.2 Å². The number of hydrogen-bond acceptors (Lipinski definition) is 5. The first-order valence-electron chi connectivity index (χ1n) is 10.3. The number of aromatic carboxylic acids is 1. The fraction of sp³-hybridized carbons (Fsp3) is 0.545. The Labute approximate surface area is 191 Å². The number of hydrogen-bond donors (Lipinski definition) is 2. The van der Waals surface area contributed by atoms with Gasteiger partial charge < -0.3 is 24.5 Å². The van der Waals surface area contributed by atoms with Gasteiger partial charge in [-0.1, -0.05) is 6.08 Å². The van der Waals surface area contributed by atoms with Crippen LogP contribution in [0.15, 0.2) is 23.7 Å². The molecule has 1 saturated heterocycles. The van der Waals surface area contributed by atoms with E-state index in [1.165, 1.54) is 6.08 Å². The van der Waals surface area contributed by atoms with E-state index in [4.69, 9.17) is 14.0 Å². The summed E-state index contributed by atoms with van der Waals surface area (Å²) in [7, 11) is -1.04. The quantitative estimate of drug-likeness (QED) is 0.591. The Hall–Kier alpha value is -2.53. The molecular formula is C22H29BF3NO6. The summed E-state index contributed by atoms with van der Waals surface area (Å²) < 4.78 is 56.9. The second-order valence-electron chi connectivity index (χ2n) is 9.77. The lowest BCUT2D eigenvalue weighted by Crippen LogP contribution is -2.41. The van der Waals surface area contributed by atoms with Crippen LogP contribution >= 0.6 is 0 Å². The molecular weight excluding hydrogens is 442 g/mol. The van der Waals surface area contributed by atoms with Gasteiger partial charge >= 0.3 is 25.4 Å². The summed E-state index contributed by atoms with van der Waals surface area (Å²) in [6, 6.07) is 2.33. The molecule has 2 rings (SSSR count). The summed E-state index contributed by atoms with van der Waals surface area (Å²) in [6.45, 7) is 12.0. The summed E-state index contributed by atoms with van der Waals surface area (Å²) in [5.74, 6) is -1.40. The number of carboxylic acid groups (broad SMARTS) is 1. The van der Waals surface area contributed by atoms with Crippen LogP contribution in [0.25, 0.3) is 6.08 Å². The van der Waals surface area contributed by atoms with Crippen LogP contribution in [0, 0.1) is 0 Å². The number of amides is 1. The third-order valence-electron chi connectivity index (χ3n) is 5.34. The highest BCUT2D eigenvalue weighted by Crippen LogP contribution is 2.39. The average Bonchev–Trinajstić information content (AvgIpc) is 2.83. The minimum absolute atomic E-state index is 0.201. The zero-order chi connectivity index (χ0) is 25.4. The first kappa shape index (κ1) is 26.7. The molecule has 0 saturated carbocycles. The van der Waals surface area contributed by atoms with Gasteiger partial charge in [-0.25, -0.2) is 9.59 Å². The standard InChI is InChI=1S/C22H29BF3NO6/c1-19(2,3)31-18(30)27-12-15(23-32-20(4,5)21(6,7)33-23)11-13-10-14(22(24,25)26)8-9-16(13)17(28)29/h8-11H,12H2,1-7H3,(H,27,30)(H,28,29). The Morgan fingerprint density at radius 1 is 1.12 bits per heavy atom. The van der Waals surface area contributed by atoms with Gasteiger partial charge in [0.1, 0.15) is 5.60 Å². The normalized spacial score (nSPS) is 18.2. The van der Waals surface area contributed by atoms with Gasteiger partial charge in [0.05, 0.1) is 22.3 Å². The third kappa shape index (κ3) is 6.74. The molecule has 1 aromatic carbocycles. The second-order valence-corrected chi connectivity index (χ2v) is 9.77. The smallest absolute Gasteiger partial charge is 0.478 e. The van der Waals surface area contributed by atoms with Crippen molar-refractivity contribution in [3.63, 3.8) is 0 Å². The molecule has 0 bridgehead atoms. The van der Waals surface area contributed by atoms with E-state index in [2.05, 4.69) is 5.32 Å². The molecule has 1 fully saturated rings. The number of alkyl carbamates (subject to hydrolysis) is 1. The summed E-state index contributed by atoms with van der Waals surface area (Å²) in [6.07, 6.45) is -4.19. The highest BCUT2D eigenvalue weighted by molar-refractivity contribution is 6.56. The highest BCUT2D eigenvalue weighted by atomic mass is 19.4. The molecule has 182 valence electrons. The first-order chi connectivity index (χ1) is 14.8. The topological polar surface area (TPSA) is 94.1 Å². The zero-order valence-electron chi connectivity index (χ0n) is 19.7. The number of carbonyl (C=O) groups excluding carboxylic acids is 1. The zero-order valence-corrected chi connectivity index (χ0v) is 19.7. The summed E-state index contributed by atoms with van der Waals surface area (Å²) in [5, 5.41) is 12.0. The van der Waals surface area contributed by atoms with Crippen molar-refractivity contribution in [3.05, 3.63) is 40.4 Å². The number of rotatable bonds is 5. The Balaban J connectivity index is 2.51. The molecule has 1 aromatic rings. The maximum atomic E-state index is 13.3. The number of ether oxygens (including phenoxy) is 1. The molecule has 1 aliphatic heterocycles. The lowest BCUT2D eigenvalue weighted by molar-refractivity contribution is -0.137. The maximum Gasteiger partial charge on any atom is 0.492 e. The Morgan fingerprint density at radius 3 is 2.12 bits per heavy atom. The molecule has 1 amide bonds. The maximum absolute atomic E-state index is 13.3. The number of carbonyl (C=O) groups is 2. The van der Waals surface area contributed by atoms with Crippen LogP contribution in [-0.2, 0) is 20.2 Å². The summed E-state index contributed by atoms with van der Waals surface area (Å²) in [5.41, 5.74) is -3.63. The molecule has 0 radical (unpaired) electrons. The average molecular weight is 471 g/mol. The van der Waals surface area contributed by atoms with Crippen molar-refractivity contribution >= 4 is 25.3 Å². The Kier molecular flexibility index (Phi) is 7.30. The minimum Gasteiger partial charge on any atom is -0.478 e. The fourth-order valence-corrected chi connectivity index (χ4v) is 2.94. The molecule has 0 aliphatic carbocycles. The van der Waals surface area contributed by atoms with Gasteiger partial charge in [-0.05, 0) is 77.7 Å². The van der Waals surface area contributed by atoms with Gasteiger partial charge in [0.15, 0.2) is 0 Å². The molecule has 7 nitrogen and oxygen atoms in total. The van der Waals surface area contributed by atoms with E-state index in [-0.39, 0.29) is 23.1 Å². The predicted molar refractivity (Wildman–Crippen MR) is 117 cm³/mol. The van der Waals surface area contributed by atoms with Crippen molar-refractivity contribution in [1.82, 2.24) is 5.32 Å². The van der Waals surface area contributed by atoms with E-state index >= 15 is 0 Å². The van der Waals surface area contributed by atoms with E-state index in [1.54, 1.807) is 48.5 Å². The van der Waals surface area contributed by atoms with E-state index in [0.29, 0.717) is 6.07 Å². The van der Waals surface area contributed by atoms with E-state index < -0.39 is 47.7 Å². The number of carboxylic acids is 1. The van der Waals surface area contributed by atoms with Gasteiger partial charge in [0, 0.05) is 6.54 Å². The molecule has 0 aromatic heterocycles. The van der Waals surface area contributed by atoms with Crippen LogP contribution in [-0.4, -0.2) is 47.6 Å². The third-order valence-corrected chi connectivity index (χ3v) is 5.34. The minimum atomic E-state index is -4.67. The molecule has 0 spiro atoms. The lowest BCUT2D eigenvalue weighted by atomic mass is 9.76. The van der Waals surface area contributed by atoms with Gasteiger partial charge in [0.2, 0.25) is 0 Å². The molecule has 11 heteroatoms. The molecule has 1 heterocycles. The van der Waals surface area contributed by atoms with Crippen LogP contribution in [0.2, 0.25) is 0 Å². The molecule has 33 heavy (non-hydrogen) atoms. The number of nitrogens with one attached hydrogen (secondary N) is 1. The van der Waals surface area contributed by atoms with E-state index in [9.17, 15) is 27.9 Å². The van der Waals surface area contributed by atoms with Crippen molar-refractivity contribution in [3.8, 4) is 0 Å². The molecule has 0 unspecified atom stereocenters. The van der Waals surface area contributed by atoms with Gasteiger partial charge in [0.25, 0.3) is 0 Å². The van der Waals surface area contributed by atoms with Crippen molar-refractivity contribution in [1.29, 1.82) is 0 Å². The first-order valence-corrected chi connectivity index (χ1v) is 10.3. The van der Waals surface area contributed by atoms with Crippen LogP contribution in [0.4, 0.5) is 18.0 Å². The van der Waals surface area contributed by atoms with Crippen LogP contribution in [0.3, 0.4) is 0 Å². The molecule has 0 atom stereocenters. The van der Waals surface area contributed by atoms with Crippen molar-refractivity contribution in [2.75, 3.05) is 6.54 Å². The predicted octanol–water partition coefficient (Wildman–Crippen LogP) is 4.94. The van der Waals surface area contributed by atoms with Crippen molar-refractivity contribution < 1.29 is 41.9 Å². The highest BCUT2D eigenvalue weighted by Gasteiger charge is 2.52. The largest absolute Gasteiger partial charge is 0.492 e. The molecule has 2 N–H and O–H groups in total. The number of alkyl halides is 3. The lowest BCUT2D eigenvalue weighted by Gasteiger charge is -2.32. The van der Waals surface area contributed by atoms with E-state index in [0.717, 1.165) is 12.1 Å². The van der Waals surface area contributed by atoms with Crippen LogP contribution in [0.1, 0.15) is 70.0 Å². The number of halogens is 3. The SMILES string of the molecule is CC(C)(C)OC(=O)NCC(=Cc1cc(C(F)(F)F)ccc1C(=O)O)B1OC(C)(C)C(C)(C)O1. The molecule has 1 aliphatic rings. The summed E-state index contributed by atoms with van der Waals surface area (Å²) in [4.78, 5) is 23.8. The van der Waals surface area contributed by atoms with Crippen molar-refractivity contribution in [2.45, 2.75) is 71.4 Å². The fourth-order valence-electron chi connectivity index (χ4n) is 2.94. The number of benzene rings is 1. The van der Waals surface area contributed by atoms with Gasteiger partial charge in [-0.3, -0.25) is 0 Å². The second kappa shape index (κ2) is 9.02. The van der Waals surface area contributed by atoms with Crippen molar-refractivity contribution in [2.24, 2.45) is 0 Å². The Bertz CT molecular complexity index is 934. The van der Waals surface area contributed by atoms with Crippen LogP contribution < -0.4 is 5.32 Å².